The lowest BCUT2D eigenvalue weighted by Crippen LogP contribution is -2.30. The first-order valence-corrected chi connectivity index (χ1v) is 33.3. The molecule has 0 bridgehead atoms. The van der Waals surface area contributed by atoms with Crippen molar-refractivity contribution in [2.24, 2.45) is 0 Å². The molecule has 0 aliphatic rings. The van der Waals surface area contributed by atoms with Gasteiger partial charge < -0.3 is 14.2 Å². The molecule has 0 aromatic heterocycles. The zero-order valence-electron chi connectivity index (χ0n) is 53.1. The van der Waals surface area contributed by atoms with Crippen LogP contribution in [-0.2, 0) is 28.6 Å². The van der Waals surface area contributed by atoms with E-state index in [9.17, 15) is 14.4 Å². The molecule has 0 N–H and O–H groups in total. The Morgan fingerprint density at radius 1 is 0.253 bits per heavy atom. The van der Waals surface area contributed by atoms with Crippen LogP contribution in [0.15, 0.2) is 182 Å². The summed E-state index contributed by atoms with van der Waals surface area (Å²) >= 11 is 0. The van der Waals surface area contributed by atoms with Crippen LogP contribution >= 0.6 is 0 Å². The summed E-state index contributed by atoms with van der Waals surface area (Å²) in [5.41, 5.74) is 0. The molecule has 6 nitrogen and oxygen atoms in total. The van der Waals surface area contributed by atoms with Crippen molar-refractivity contribution in [2.75, 3.05) is 13.2 Å². The summed E-state index contributed by atoms with van der Waals surface area (Å²) < 4.78 is 16.8. The van der Waals surface area contributed by atoms with E-state index >= 15 is 0 Å². The van der Waals surface area contributed by atoms with Gasteiger partial charge in [-0.2, -0.15) is 0 Å². The Balaban J connectivity index is 4.56. The molecule has 0 saturated heterocycles. The molecule has 0 saturated carbocycles. The van der Waals surface area contributed by atoms with E-state index in [2.05, 4.69) is 203 Å². The van der Waals surface area contributed by atoms with Crippen molar-refractivity contribution in [2.45, 2.75) is 271 Å². The molecular formula is C77H120O6. The number of rotatable bonds is 58. The third kappa shape index (κ3) is 67.2. The van der Waals surface area contributed by atoms with Gasteiger partial charge in [-0.05, 0) is 148 Å². The molecule has 0 amide bonds. The van der Waals surface area contributed by atoms with E-state index in [1.165, 1.54) is 89.9 Å². The van der Waals surface area contributed by atoms with Gasteiger partial charge in [-0.25, -0.2) is 0 Å². The lowest BCUT2D eigenvalue weighted by Gasteiger charge is -2.18. The highest BCUT2D eigenvalue weighted by Gasteiger charge is 2.19. The average molecular weight is 1140 g/mol. The SMILES string of the molecule is CC/C=C\C/C=C\C/C=C\C/C=C\C/C=C\C/C=C\C/C=C\C/C=C\C/C=C\CCCC(=O)OCC(COC(=O)CCC/C=C\C/C=C\C/C=C\C/C=C\C/C=C\CC)OC(=O)CCCCCCCCCCC/C=C\CCCCCCCC. The molecule has 0 fully saturated rings. The van der Waals surface area contributed by atoms with Gasteiger partial charge in [-0.3, -0.25) is 14.4 Å². The first-order valence-electron chi connectivity index (χ1n) is 33.3. The Morgan fingerprint density at radius 2 is 0.482 bits per heavy atom. The van der Waals surface area contributed by atoms with Gasteiger partial charge >= 0.3 is 17.9 Å². The largest absolute Gasteiger partial charge is 0.462 e. The summed E-state index contributed by atoms with van der Waals surface area (Å²) in [5.74, 6) is -1.05. The van der Waals surface area contributed by atoms with E-state index in [4.69, 9.17) is 14.2 Å². The van der Waals surface area contributed by atoms with Crippen molar-refractivity contribution < 1.29 is 28.6 Å². The fraction of sp³-hybridized carbons (Fsp3) is 0.571. The first kappa shape index (κ1) is 77.5. The van der Waals surface area contributed by atoms with Crippen LogP contribution in [-0.4, -0.2) is 37.2 Å². The maximum Gasteiger partial charge on any atom is 0.306 e. The number of ether oxygens (including phenoxy) is 3. The van der Waals surface area contributed by atoms with Gasteiger partial charge in [0, 0.05) is 19.3 Å². The second-order valence-corrected chi connectivity index (χ2v) is 21.3. The molecule has 0 aliphatic heterocycles. The first-order chi connectivity index (χ1) is 41.0. The molecule has 0 aromatic carbocycles. The molecule has 1 atom stereocenters. The lowest BCUT2D eigenvalue weighted by molar-refractivity contribution is -0.167. The summed E-state index contributed by atoms with van der Waals surface area (Å²) in [5, 5.41) is 0. The van der Waals surface area contributed by atoms with E-state index < -0.39 is 6.10 Å². The lowest BCUT2D eigenvalue weighted by atomic mass is 10.1. The van der Waals surface area contributed by atoms with Gasteiger partial charge in [0.2, 0.25) is 0 Å². The van der Waals surface area contributed by atoms with Gasteiger partial charge in [-0.15, -0.1) is 0 Å². The van der Waals surface area contributed by atoms with Crippen molar-refractivity contribution in [3.05, 3.63) is 182 Å². The minimum Gasteiger partial charge on any atom is -0.462 e. The summed E-state index contributed by atoms with van der Waals surface area (Å²) in [6.07, 6.45) is 103. The Bertz CT molecular complexity index is 1940. The zero-order chi connectivity index (χ0) is 59.9. The predicted octanol–water partition coefficient (Wildman–Crippen LogP) is 23.2. The van der Waals surface area contributed by atoms with E-state index in [0.29, 0.717) is 19.3 Å². The highest BCUT2D eigenvalue weighted by atomic mass is 16.6. The van der Waals surface area contributed by atoms with Crippen LogP contribution in [0, 0.1) is 0 Å². The second kappa shape index (κ2) is 69.0. The highest BCUT2D eigenvalue weighted by Crippen LogP contribution is 2.14. The van der Waals surface area contributed by atoms with Gasteiger partial charge in [0.05, 0.1) is 0 Å². The van der Waals surface area contributed by atoms with Crippen molar-refractivity contribution in [1.82, 2.24) is 0 Å². The smallest absolute Gasteiger partial charge is 0.306 e. The van der Waals surface area contributed by atoms with Gasteiger partial charge in [0.15, 0.2) is 6.10 Å². The maximum absolute atomic E-state index is 12.9. The highest BCUT2D eigenvalue weighted by molar-refractivity contribution is 5.71. The number of allylic oxidation sites excluding steroid dienone is 30. The molecule has 0 radical (unpaired) electrons. The third-order valence-electron chi connectivity index (χ3n) is 13.4. The van der Waals surface area contributed by atoms with Crippen LogP contribution in [0.5, 0.6) is 0 Å². The molecule has 0 aliphatic carbocycles. The van der Waals surface area contributed by atoms with Crippen LogP contribution in [0.2, 0.25) is 0 Å². The number of esters is 3. The molecule has 0 spiro atoms. The standard InChI is InChI=1S/C77H120O6/c1-4-7-10-13-16-19-22-25-28-31-33-34-35-36-37-38-39-40-41-42-44-46-49-52-55-58-61-64-67-70-76(79)82-73-74(72-81-75(78)69-66-63-60-57-54-51-48-45-30-27-24-21-18-15-12-9-6-3)83-77(80)71-68-65-62-59-56-53-50-47-43-32-29-26-23-20-17-14-11-8-5-2/h7,9-10,12,16,18-19,21,25-30,33-34,36-37,39-40,42,44,48-49,51-52,57-58,60-61,74H,4-6,8,11,13-15,17,20,22-24,31-32,35,38,41,43,45-47,50,53-56,59,62-73H2,1-3H3/b10-7-,12-9-,19-16-,21-18-,28-25-,29-26-,30-27-,34-33-,37-36-,40-39-,44-42-,51-48-,52-49-,60-57-,61-58-. The monoisotopic (exact) mass is 1140 g/mol. The Labute approximate surface area is 510 Å². The van der Waals surface area contributed by atoms with E-state index in [0.717, 1.165) is 122 Å². The molecular weight excluding hydrogens is 1020 g/mol. The molecule has 83 heavy (non-hydrogen) atoms. The molecule has 6 heteroatoms. The number of hydrogen-bond acceptors (Lipinski definition) is 6. The van der Waals surface area contributed by atoms with E-state index in [1.807, 2.05) is 0 Å². The van der Waals surface area contributed by atoms with Crippen LogP contribution in [0.4, 0.5) is 0 Å². The number of unbranched alkanes of at least 4 members (excludes halogenated alkanes) is 17. The number of carbonyl (C=O) groups is 3. The van der Waals surface area contributed by atoms with Crippen LogP contribution in [0.25, 0.3) is 0 Å². The van der Waals surface area contributed by atoms with Crippen molar-refractivity contribution >= 4 is 17.9 Å². The summed E-state index contributed by atoms with van der Waals surface area (Å²) in [6.45, 7) is 6.31. The maximum atomic E-state index is 12.9. The van der Waals surface area contributed by atoms with Crippen LogP contribution in [0.1, 0.15) is 265 Å². The minimum atomic E-state index is -0.838. The molecule has 0 aromatic rings. The predicted molar refractivity (Wildman–Crippen MR) is 361 cm³/mol. The fourth-order valence-electron chi connectivity index (χ4n) is 8.47. The number of hydrogen-bond donors (Lipinski definition) is 0. The molecule has 1 unspecified atom stereocenters. The Hall–Kier alpha value is -5.49. The Kier molecular flexibility index (Phi) is 64.4. The molecule has 0 rings (SSSR count). The van der Waals surface area contributed by atoms with E-state index in [1.54, 1.807) is 0 Å². The quantitative estimate of drug-likeness (QED) is 0.0261. The van der Waals surface area contributed by atoms with Crippen LogP contribution in [0.3, 0.4) is 0 Å². The third-order valence-corrected chi connectivity index (χ3v) is 13.4. The number of carbonyl (C=O) groups excluding carboxylic acids is 3. The minimum absolute atomic E-state index is 0.134. The summed E-state index contributed by atoms with van der Waals surface area (Å²) in [7, 11) is 0. The normalized spacial score (nSPS) is 13.3. The zero-order valence-corrected chi connectivity index (χ0v) is 53.1. The van der Waals surface area contributed by atoms with Gasteiger partial charge in [-0.1, -0.05) is 280 Å². The van der Waals surface area contributed by atoms with Crippen molar-refractivity contribution in [1.29, 1.82) is 0 Å². The molecule has 0 heterocycles. The summed E-state index contributed by atoms with van der Waals surface area (Å²) in [4.78, 5) is 38.3. The second-order valence-electron chi connectivity index (χ2n) is 21.3. The average Bonchev–Trinajstić information content (AvgIpc) is 3.49. The topological polar surface area (TPSA) is 78.9 Å². The summed E-state index contributed by atoms with van der Waals surface area (Å²) in [6, 6.07) is 0. The van der Waals surface area contributed by atoms with Gasteiger partial charge in [0.1, 0.15) is 13.2 Å². The molecule has 464 valence electrons. The van der Waals surface area contributed by atoms with E-state index in [-0.39, 0.29) is 44.0 Å². The van der Waals surface area contributed by atoms with Crippen molar-refractivity contribution in [3.63, 3.8) is 0 Å². The van der Waals surface area contributed by atoms with Crippen molar-refractivity contribution in [3.8, 4) is 0 Å². The van der Waals surface area contributed by atoms with Gasteiger partial charge in [0.25, 0.3) is 0 Å². The fourth-order valence-corrected chi connectivity index (χ4v) is 8.47. The van der Waals surface area contributed by atoms with Crippen LogP contribution < -0.4 is 0 Å². The Morgan fingerprint density at radius 3 is 0.783 bits per heavy atom.